The molecule has 13 aromatic rings. The molecule has 0 N–H and O–H groups in total. The lowest BCUT2D eigenvalue weighted by Crippen LogP contribution is -2.03. The number of hydrogen-bond donors (Lipinski definition) is 0. The van der Waals surface area contributed by atoms with Gasteiger partial charge in [0, 0.05) is 43.3 Å². The third-order valence-electron chi connectivity index (χ3n) is 11.4. The second-order valence-electron chi connectivity index (χ2n) is 14.1. The van der Waals surface area contributed by atoms with Crippen LogP contribution in [0.25, 0.3) is 121 Å². The van der Waals surface area contributed by atoms with Crippen LogP contribution in [0.15, 0.2) is 162 Å². The van der Waals surface area contributed by atoms with Gasteiger partial charge in [-0.2, -0.15) is 0 Å². The molecule has 0 aliphatic carbocycles. The van der Waals surface area contributed by atoms with Gasteiger partial charge in [0.1, 0.15) is 16.8 Å². The van der Waals surface area contributed by atoms with Crippen LogP contribution >= 0.6 is 0 Å². The van der Waals surface area contributed by atoms with Crippen LogP contribution in [-0.4, -0.2) is 18.9 Å². The molecule has 5 nitrogen and oxygen atoms in total. The number of nitrogens with zero attached hydrogens (tertiary/aromatic N) is 4. The molecule has 0 aliphatic heterocycles. The molecule has 0 saturated heterocycles. The van der Waals surface area contributed by atoms with Crippen molar-refractivity contribution in [3.05, 3.63) is 158 Å². The van der Waals surface area contributed by atoms with E-state index in [-0.39, 0.29) is 0 Å². The normalized spacial score (nSPS) is 12.5. The van der Waals surface area contributed by atoms with Crippen molar-refractivity contribution in [3.63, 3.8) is 0 Å². The van der Waals surface area contributed by atoms with Crippen molar-refractivity contribution in [3.8, 4) is 17.2 Å². The molecule has 0 fully saturated rings. The second kappa shape index (κ2) is 9.75. The average Bonchev–Trinajstić information content (AvgIpc) is 3.95. The Bertz CT molecular complexity index is 3700. The van der Waals surface area contributed by atoms with Gasteiger partial charge < -0.3 is 8.82 Å². The summed E-state index contributed by atoms with van der Waals surface area (Å²) in [5, 5.41) is 13.2. The zero-order valence-electron chi connectivity index (χ0n) is 28.2. The molecule has 5 aromatic heterocycles. The number of furan rings is 1. The molecule has 0 aliphatic rings. The van der Waals surface area contributed by atoms with E-state index < -0.39 is 0 Å². The van der Waals surface area contributed by atoms with E-state index >= 15 is 0 Å². The van der Waals surface area contributed by atoms with E-state index in [2.05, 4.69) is 148 Å². The molecule has 0 atom stereocenters. The molecular formula is C48H26N4O. The Morgan fingerprint density at radius 1 is 0.434 bits per heavy atom. The first-order valence-corrected chi connectivity index (χ1v) is 18.0. The van der Waals surface area contributed by atoms with Gasteiger partial charge in [-0.05, 0) is 64.0 Å². The van der Waals surface area contributed by atoms with Gasteiger partial charge in [-0.1, -0.05) is 115 Å². The van der Waals surface area contributed by atoms with Crippen LogP contribution in [0.3, 0.4) is 0 Å². The zero-order chi connectivity index (χ0) is 34.4. The lowest BCUT2D eigenvalue weighted by molar-refractivity contribution is 0.666. The van der Waals surface area contributed by atoms with Crippen molar-refractivity contribution in [2.75, 3.05) is 0 Å². The fraction of sp³-hybridized carbons (Fsp3) is 0. The van der Waals surface area contributed by atoms with E-state index in [9.17, 15) is 0 Å². The number of fused-ring (bicyclic) bond motifs is 16. The van der Waals surface area contributed by atoms with Crippen molar-refractivity contribution in [1.29, 1.82) is 0 Å². The van der Waals surface area contributed by atoms with Crippen LogP contribution in [0.1, 0.15) is 0 Å². The number of hydrogen-bond acceptors (Lipinski definition) is 3. The summed E-state index contributed by atoms with van der Waals surface area (Å²) < 4.78 is 11.3. The molecule has 13 rings (SSSR count). The first-order chi connectivity index (χ1) is 26.3. The van der Waals surface area contributed by atoms with E-state index in [4.69, 9.17) is 14.4 Å². The highest BCUT2D eigenvalue weighted by molar-refractivity contribution is 6.37. The molecule has 0 saturated carbocycles. The minimum atomic E-state index is 0.616. The molecule has 0 radical (unpaired) electrons. The van der Waals surface area contributed by atoms with Gasteiger partial charge in [0.25, 0.3) is 0 Å². The van der Waals surface area contributed by atoms with Crippen molar-refractivity contribution >= 4 is 104 Å². The predicted molar refractivity (Wildman–Crippen MR) is 219 cm³/mol. The van der Waals surface area contributed by atoms with Gasteiger partial charge in [-0.3, -0.25) is 4.57 Å². The number of para-hydroxylation sites is 3. The first-order valence-electron chi connectivity index (χ1n) is 18.0. The summed E-state index contributed by atoms with van der Waals surface area (Å²) in [4.78, 5) is 10.9. The Labute approximate surface area is 300 Å². The highest BCUT2D eigenvalue weighted by Gasteiger charge is 2.26. The van der Waals surface area contributed by atoms with Gasteiger partial charge in [-0.25, -0.2) is 9.97 Å². The van der Waals surface area contributed by atoms with E-state index in [1.807, 2.05) is 18.2 Å². The molecule has 0 bridgehead atoms. The summed E-state index contributed by atoms with van der Waals surface area (Å²) >= 11 is 0. The number of rotatable bonds is 2. The summed E-state index contributed by atoms with van der Waals surface area (Å²) in [5.41, 5.74) is 9.87. The lowest BCUT2D eigenvalue weighted by Gasteiger charge is -2.10. The molecule has 8 aromatic carbocycles. The Hall–Kier alpha value is -7.24. The smallest absolute Gasteiger partial charge is 0.236 e. The topological polar surface area (TPSA) is 48.3 Å². The Kier molecular flexibility index (Phi) is 5.06. The average molecular weight is 675 g/mol. The van der Waals surface area contributed by atoms with Gasteiger partial charge in [0.15, 0.2) is 5.58 Å². The van der Waals surface area contributed by atoms with Crippen LogP contribution in [-0.2, 0) is 0 Å². The van der Waals surface area contributed by atoms with Gasteiger partial charge in [0.2, 0.25) is 5.95 Å². The van der Waals surface area contributed by atoms with Crippen LogP contribution in [0.2, 0.25) is 0 Å². The molecule has 0 spiro atoms. The van der Waals surface area contributed by atoms with Crippen LogP contribution in [0.5, 0.6) is 0 Å². The molecule has 244 valence electrons. The van der Waals surface area contributed by atoms with Crippen molar-refractivity contribution < 1.29 is 4.42 Å². The van der Waals surface area contributed by atoms with Gasteiger partial charge >= 0.3 is 0 Å². The molecule has 53 heavy (non-hydrogen) atoms. The minimum Gasteiger partial charge on any atom is -0.452 e. The van der Waals surface area contributed by atoms with E-state index in [1.54, 1.807) is 0 Å². The van der Waals surface area contributed by atoms with Crippen LogP contribution in [0, 0.1) is 0 Å². The molecular weight excluding hydrogens is 649 g/mol. The SMILES string of the molecule is c1ccc2cc(-c3nc(-n4c5ccccc5c5c6c7ccccc7n7c8ccc9ccccc9c8c(cc54)c67)nc4c3oc3ccccc34)ccc2c1. The van der Waals surface area contributed by atoms with Crippen LogP contribution < -0.4 is 0 Å². The van der Waals surface area contributed by atoms with Crippen molar-refractivity contribution in [1.82, 2.24) is 18.9 Å². The summed E-state index contributed by atoms with van der Waals surface area (Å²) in [6.45, 7) is 0. The highest BCUT2D eigenvalue weighted by atomic mass is 16.3. The van der Waals surface area contributed by atoms with Crippen LogP contribution in [0.4, 0.5) is 0 Å². The van der Waals surface area contributed by atoms with E-state index in [0.29, 0.717) is 11.5 Å². The van der Waals surface area contributed by atoms with Crippen molar-refractivity contribution in [2.24, 2.45) is 0 Å². The summed E-state index contributed by atoms with van der Waals surface area (Å²) in [6.07, 6.45) is 0. The van der Waals surface area contributed by atoms with E-state index in [1.165, 1.54) is 65.0 Å². The first kappa shape index (κ1) is 27.5. The fourth-order valence-electron chi connectivity index (χ4n) is 9.21. The highest BCUT2D eigenvalue weighted by Crippen LogP contribution is 2.48. The molecule has 5 heterocycles. The molecule has 5 heteroatoms. The predicted octanol–water partition coefficient (Wildman–Crippen LogP) is 12.6. The van der Waals surface area contributed by atoms with Gasteiger partial charge in [0.05, 0.1) is 27.6 Å². The third-order valence-corrected chi connectivity index (χ3v) is 11.4. The summed E-state index contributed by atoms with van der Waals surface area (Å²) in [5.74, 6) is 0.616. The second-order valence-corrected chi connectivity index (χ2v) is 14.1. The zero-order valence-corrected chi connectivity index (χ0v) is 28.2. The maximum absolute atomic E-state index is 6.58. The Morgan fingerprint density at radius 2 is 1.11 bits per heavy atom. The summed E-state index contributed by atoms with van der Waals surface area (Å²) in [7, 11) is 0. The number of benzene rings is 8. The van der Waals surface area contributed by atoms with Crippen molar-refractivity contribution in [2.45, 2.75) is 0 Å². The lowest BCUT2D eigenvalue weighted by atomic mass is 9.99. The third kappa shape index (κ3) is 3.46. The quantitative estimate of drug-likeness (QED) is 0.183. The fourth-order valence-corrected chi connectivity index (χ4v) is 9.21. The van der Waals surface area contributed by atoms with Gasteiger partial charge in [-0.15, -0.1) is 0 Å². The Morgan fingerprint density at radius 3 is 1.98 bits per heavy atom. The number of aromatic nitrogens is 4. The Balaban J connectivity index is 1.24. The largest absolute Gasteiger partial charge is 0.452 e. The maximum Gasteiger partial charge on any atom is 0.236 e. The maximum atomic E-state index is 6.58. The minimum absolute atomic E-state index is 0.616. The summed E-state index contributed by atoms with van der Waals surface area (Å²) in [6, 6.07) is 56.3. The molecule has 0 unspecified atom stereocenters. The monoisotopic (exact) mass is 674 g/mol. The molecule has 0 amide bonds. The van der Waals surface area contributed by atoms with E-state index in [0.717, 1.165) is 44.2 Å². The standard InChI is InChI=1S/C48H26N4O/c1-2-13-29-25-30(22-21-27(29)11-1)44-47-45(34-17-7-10-20-40(34)53-47)50-48(49-44)52-37-19-9-5-15-32(37)42-39(52)26-35-41-31-14-4-3-12-28(31)23-24-38(41)51-36-18-8-6-16-33(36)43(42)46(35)51/h1-26H.